The van der Waals surface area contributed by atoms with Crippen LogP contribution in [0.15, 0.2) is 47.4 Å². The fraction of sp³-hybridized carbons (Fsp3) is 0.133. The Bertz CT molecular complexity index is 913. The quantitative estimate of drug-likeness (QED) is 0.798. The van der Waals surface area contributed by atoms with Gasteiger partial charge in [-0.2, -0.15) is 13.2 Å². The molecule has 0 amide bonds. The van der Waals surface area contributed by atoms with Crippen LogP contribution in [0.25, 0.3) is 0 Å². The summed E-state index contributed by atoms with van der Waals surface area (Å²) in [4.78, 5) is 11.3. The normalized spacial score (nSPS) is 11.9. The predicted octanol–water partition coefficient (Wildman–Crippen LogP) is 3.95. The summed E-state index contributed by atoms with van der Waals surface area (Å²) in [6.45, 7) is 0. The number of halogens is 4. The summed E-state index contributed by atoms with van der Waals surface area (Å²) in [6.07, 6.45) is -4.75. The van der Waals surface area contributed by atoms with E-state index < -0.39 is 37.7 Å². The Morgan fingerprint density at radius 1 is 1.16 bits per heavy atom. The van der Waals surface area contributed by atoms with Crippen LogP contribution in [0.1, 0.15) is 15.9 Å². The van der Waals surface area contributed by atoms with Gasteiger partial charge in [0, 0.05) is 5.69 Å². The lowest BCUT2D eigenvalue weighted by Crippen LogP contribution is -2.18. The van der Waals surface area contributed by atoms with Crippen LogP contribution in [0.3, 0.4) is 0 Å². The molecular weight excluding hydrogens is 383 g/mol. The van der Waals surface area contributed by atoms with Gasteiger partial charge in [-0.05, 0) is 30.3 Å². The molecule has 1 N–H and O–H groups in total. The molecule has 0 atom stereocenters. The number of esters is 1. The van der Waals surface area contributed by atoms with Gasteiger partial charge in [-0.15, -0.1) is 0 Å². The third-order valence-electron chi connectivity index (χ3n) is 3.11. The van der Waals surface area contributed by atoms with Gasteiger partial charge in [0.2, 0.25) is 0 Å². The number of methoxy groups -OCH3 is 1. The first-order chi connectivity index (χ1) is 11.6. The van der Waals surface area contributed by atoms with E-state index >= 15 is 0 Å². The van der Waals surface area contributed by atoms with Crippen LogP contribution in [0.5, 0.6) is 0 Å². The zero-order valence-electron chi connectivity index (χ0n) is 12.6. The van der Waals surface area contributed by atoms with E-state index in [0.717, 1.165) is 25.3 Å². The standard InChI is InChI=1S/C15H11ClF3NO4S/c1-24-14(21)10-4-2-3-5-13(10)25(22,23)20-9-6-7-12(16)11(8-9)15(17,18)19/h2-8,20H,1H3. The number of sulfonamides is 1. The van der Waals surface area contributed by atoms with E-state index in [1.165, 1.54) is 18.2 Å². The third-order valence-corrected chi connectivity index (χ3v) is 4.87. The maximum absolute atomic E-state index is 12.9. The third kappa shape index (κ3) is 4.23. The van der Waals surface area contributed by atoms with Gasteiger partial charge in [0.15, 0.2) is 0 Å². The Kier molecular flexibility index (Phi) is 5.28. The van der Waals surface area contributed by atoms with Crippen LogP contribution in [0, 0.1) is 0 Å². The maximum Gasteiger partial charge on any atom is 0.417 e. The number of carbonyl (C=O) groups excluding carboxylic acids is 1. The Morgan fingerprint density at radius 3 is 2.40 bits per heavy atom. The average Bonchev–Trinajstić information content (AvgIpc) is 2.54. The van der Waals surface area contributed by atoms with Crippen molar-refractivity contribution < 1.29 is 31.1 Å². The number of carbonyl (C=O) groups is 1. The fourth-order valence-electron chi connectivity index (χ4n) is 2.00. The van der Waals surface area contributed by atoms with Crippen molar-refractivity contribution in [1.29, 1.82) is 0 Å². The number of alkyl halides is 3. The highest BCUT2D eigenvalue weighted by atomic mass is 35.5. The first-order valence-electron chi connectivity index (χ1n) is 6.63. The van der Waals surface area contributed by atoms with Crippen molar-refractivity contribution >= 4 is 33.3 Å². The molecule has 25 heavy (non-hydrogen) atoms. The number of rotatable bonds is 4. The van der Waals surface area contributed by atoms with Crippen molar-refractivity contribution in [3.05, 3.63) is 58.6 Å². The maximum atomic E-state index is 12.9. The van der Waals surface area contributed by atoms with Crippen LogP contribution < -0.4 is 4.72 Å². The van der Waals surface area contributed by atoms with Gasteiger partial charge >= 0.3 is 12.1 Å². The van der Waals surface area contributed by atoms with Crippen LogP contribution in [0.2, 0.25) is 5.02 Å². The number of hydrogen-bond donors (Lipinski definition) is 1. The topological polar surface area (TPSA) is 72.5 Å². The first-order valence-corrected chi connectivity index (χ1v) is 8.49. The van der Waals surface area contributed by atoms with Gasteiger partial charge in [-0.1, -0.05) is 23.7 Å². The monoisotopic (exact) mass is 393 g/mol. The molecule has 0 radical (unpaired) electrons. The van der Waals surface area contributed by atoms with E-state index in [4.69, 9.17) is 11.6 Å². The summed E-state index contributed by atoms with van der Waals surface area (Å²) >= 11 is 5.50. The lowest BCUT2D eigenvalue weighted by Gasteiger charge is -2.14. The SMILES string of the molecule is COC(=O)c1ccccc1S(=O)(=O)Nc1ccc(Cl)c(C(F)(F)F)c1. The number of nitrogens with one attached hydrogen (secondary N) is 1. The minimum absolute atomic E-state index is 0.248. The first kappa shape index (κ1) is 19.1. The molecule has 5 nitrogen and oxygen atoms in total. The minimum atomic E-state index is -4.75. The predicted molar refractivity (Wildman–Crippen MR) is 85.0 cm³/mol. The number of hydrogen-bond acceptors (Lipinski definition) is 4. The van der Waals surface area contributed by atoms with Crippen LogP contribution in [-0.2, 0) is 20.9 Å². The molecule has 2 aromatic rings. The lowest BCUT2D eigenvalue weighted by atomic mass is 10.2. The Hall–Kier alpha value is -2.26. The second kappa shape index (κ2) is 6.93. The molecule has 10 heteroatoms. The number of anilines is 1. The molecule has 0 aliphatic carbocycles. The largest absolute Gasteiger partial charge is 0.465 e. The summed E-state index contributed by atoms with van der Waals surface area (Å²) in [5.41, 5.74) is -1.78. The molecule has 0 aliphatic heterocycles. The molecule has 0 saturated carbocycles. The molecule has 0 fully saturated rings. The molecule has 0 bridgehead atoms. The molecule has 0 heterocycles. The van der Waals surface area contributed by atoms with Crippen LogP contribution >= 0.6 is 11.6 Å². The molecule has 134 valence electrons. The molecule has 0 unspecified atom stereocenters. The van der Waals surface area contributed by atoms with Gasteiger partial charge in [0.1, 0.15) is 4.90 Å². The highest BCUT2D eigenvalue weighted by molar-refractivity contribution is 7.92. The highest BCUT2D eigenvalue weighted by Gasteiger charge is 2.34. The zero-order valence-corrected chi connectivity index (χ0v) is 14.2. The van der Waals surface area contributed by atoms with Gasteiger partial charge in [-0.3, -0.25) is 4.72 Å². The zero-order chi connectivity index (χ0) is 18.8. The van der Waals surface area contributed by atoms with Crippen molar-refractivity contribution in [3.63, 3.8) is 0 Å². The lowest BCUT2D eigenvalue weighted by molar-refractivity contribution is -0.137. The van der Waals surface area contributed by atoms with Crippen molar-refractivity contribution in [3.8, 4) is 0 Å². The van der Waals surface area contributed by atoms with Crippen LogP contribution in [-0.4, -0.2) is 21.5 Å². The Morgan fingerprint density at radius 2 is 1.80 bits per heavy atom. The second-order valence-corrected chi connectivity index (χ2v) is 6.84. The Labute approximate surface area is 146 Å². The summed E-state index contributed by atoms with van der Waals surface area (Å²) < 4.78 is 70.0. The van der Waals surface area contributed by atoms with Gasteiger partial charge in [-0.25, -0.2) is 13.2 Å². The van der Waals surface area contributed by atoms with E-state index in [9.17, 15) is 26.4 Å². The molecule has 0 aliphatic rings. The van der Waals surface area contributed by atoms with Gasteiger partial charge < -0.3 is 4.74 Å². The average molecular weight is 394 g/mol. The molecule has 0 saturated heterocycles. The van der Waals surface area contributed by atoms with Gasteiger partial charge in [0.25, 0.3) is 10.0 Å². The van der Waals surface area contributed by atoms with E-state index in [0.29, 0.717) is 6.07 Å². The van der Waals surface area contributed by atoms with Gasteiger partial charge in [0.05, 0.1) is 23.3 Å². The summed E-state index contributed by atoms with van der Waals surface area (Å²) in [7, 11) is -3.26. The van der Waals surface area contributed by atoms with Crippen molar-refractivity contribution in [2.75, 3.05) is 11.8 Å². The fourth-order valence-corrected chi connectivity index (χ4v) is 3.47. The number of ether oxygens (including phenoxy) is 1. The van der Waals surface area contributed by atoms with Crippen LogP contribution in [0.4, 0.5) is 18.9 Å². The molecular formula is C15H11ClF3NO4S. The van der Waals surface area contributed by atoms with Crippen molar-refractivity contribution in [2.45, 2.75) is 11.1 Å². The van der Waals surface area contributed by atoms with E-state index in [2.05, 4.69) is 4.74 Å². The smallest absolute Gasteiger partial charge is 0.417 e. The number of benzene rings is 2. The second-order valence-electron chi connectivity index (χ2n) is 4.79. The molecule has 2 rings (SSSR count). The van der Waals surface area contributed by atoms with Crippen molar-refractivity contribution in [1.82, 2.24) is 0 Å². The highest BCUT2D eigenvalue weighted by Crippen LogP contribution is 2.36. The molecule has 2 aromatic carbocycles. The van der Waals surface area contributed by atoms with E-state index in [-0.39, 0.29) is 11.3 Å². The van der Waals surface area contributed by atoms with E-state index in [1.807, 2.05) is 4.72 Å². The molecule has 0 aromatic heterocycles. The summed E-state index contributed by atoms with van der Waals surface area (Å²) in [5, 5.41) is -0.564. The molecule has 0 spiro atoms. The Balaban J connectivity index is 2.46. The summed E-state index contributed by atoms with van der Waals surface area (Å²) in [6, 6.07) is 7.73. The minimum Gasteiger partial charge on any atom is -0.465 e. The summed E-state index contributed by atoms with van der Waals surface area (Å²) in [5.74, 6) is -0.895. The van der Waals surface area contributed by atoms with E-state index in [1.54, 1.807) is 0 Å². The van der Waals surface area contributed by atoms with Crippen molar-refractivity contribution in [2.24, 2.45) is 0 Å².